The maximum Gasteiger partial charge on any atom is 0.258 e. The van der Waals surface area contributed by atoms with Gasteiger partial charge in [0.2, 0.25) is 5.82 Å². The number of phenolic OH excluding ortho intramolecular Hbond substituents is 2. The van der Waals surface area contributed by atoms with Crippen LogP contribution in [0.15, 0.2) is 47.0 Å². The van der Waals surface area contributed by atoms with Gasteiger partial charge < -0.3 is 19.5 Å². The van der Waals surface area contributed by atoms with E-state index in [0.717, 1.165) is 0 Å². The third-order valence-electron chi connectivity index (χ3n) is 2.96. The zero-order valence-corrected chi connectivity index (χ0v) is 11.1. The molecule has 0 spiro atoms. The Hall–Kier alpha value is -3.02. The molecule has 0 unspecified atom stereocenters. The van der Waals surface area contributed by atoms with Gasteiger partial charge in [0.1, 0.15) is 5.75 Å². The van der Waals surface area contributed by atoms with Crippen molar-refractivity contribution in [2.45, 2.75) is 0 Å². The third-order valence-corrected chi connectivity index (χ3v) is 2.96. The number of phenols is 2. The Labute approximate surface area is 120 Å². The van der Waals surface area contributed by atoms with Crippen LogP contribution in [0.3, 0.4) is 0 Å². The van der Waals surface area contributed by atoms with E-state index in [4.69, 9.17) is 9.26 Å². The molecule has 106 valence electrons. The first-order valence-corrected chi connectivity index (χ1v) is 6.18. The van der Waals surface area contributed by atoms with Gasteiger partial charge >= 0.3 is 0 Å². The summed E-state index contributed by atoms with van der Waals surface area (Å²) in [4.78, 5) is 4.25. The summed E-state index contributed by atoms with van der Waals surface area (Å²) >= 11 is 0. The second kappa shape index (κ2) is 5.16. The normalized spacial score (nSPS) is 10.5. The molecule has 2 N–H and O–H groups in total. The molecular weight excluding hydrogens is 272 g/mol. The molecule has 0 atom stereocenters. The molecule has 21 heavy (non-hydrogen) atoms. The Kier molecular flexibility index (Phi) is 3.19. The molecule has 0 saturated heterocycles. The predicted octanol–water partition coefficient (Wildman–Crippen LogP) is 2.82. The standard InChI is InChI=1S/C15H12N2O4/c1-20-13-6-5-10(8-12(13)19)15-16-14(17-21-15)9-3-2-4-11(18)7-9/h2-8,18-19H,1H3. The van der Waals surface area contributed by atoms with Crippen LogP contribution in [0, 0.1) is 0 Å². The number of nitrogens with zero attached hydrogens (tertiary/aromatic N) is 2. The van der Waals surface area contributed by atoms with Crippen LogP contribution >= 0.6 is 0 Å². The van der Waals surface area contributed by atoms with E-state index >= 15 is 0 Å². The molecule has 2 aromatic carbocycles. The second-order valence-corrected chi connectivity index (χ2v) is 4.36. The lowest BCUT2D eigenvalue weighted by Crippen LogP contribution is -1.85. The van der Waals surface area contributed by atoms with Crippen molar-refractivity contribution >= 4 is 0 Å². The van der Waals surface area contributed by atoms with E-state index in [2.05, 4.69) is 10.1 Å². The van der Waals surface area contributed by atoms with E-state index < -0.39 is 0 Å². The molecule has 0 aliphatic heterocycles. The molecule has 0 radical (unpaired) electrons. The highest BCUT2D eigenvalue weighted by molar-refractivity contribution is 5.63. The SMILES string of the molecule is COc1ccc(-c2nc(-c3cccc(O)c3)no2)cc1O. The topological polar surface area (TPSA) is 88.6 Å². The summed E-state index contributed by atoms with van der Waals surface area (Å²) in [6.07, 6.45) is 0. The van der Waals surface area contributed by atoms with Gasteiger partial charge in [-0.1, -0.05) is 17.3 Å². The fraction of sp³-hybridized carbons (Fsp3) is 0.0667. The minimum absolute atomic E-state index is 0.00731. The Morgan fingerprint density at radius 3 is 2.62 bits per heavy atom. The summed E-state index contributed by atoms with van der Waals surface area (Å²) in [6.45, 7) is 0. The van der Waals surface area contributed by atoms with Crippen molar-refractivity contribution < 1.29 is 19.5 Å². The first-order chi connectivity index (χ1) is 10.2. The van der Waals surface area contributed by atoms with E-state index in [1.54, 1.807) is 36.4 Å². The highest BCUT2D eigenvalue weighted by Gasteiger charge is 2.13. The van der Waals surface area contributed by atoms with Crippen LogP contribution < -0.4 is 4.74 Å². The lowest BCUT2D eigenvalue weighted by molar-refractivity contribution is 0.373. The summed E-state index contributed by atoms with van der Waals surface area (Å²) in [7, 11) is 1.47. The highest BCUT2D eigenvalue weighted by Crippen LogP contribution is 2.31. The number of benzene rings is 2. The average Bonchev–Trinajstić information content (AvgIpc) is 2.97. The third kappa shape index (κ3) is 2.51. The molecule has 0 bridgehead atoms. The van der Waals surface area contributed by atoms with Crippen molar-refractivity contribution in [1.29, 1.82) is 0 Å². The van der Waals surface area contributed by atoms with Gasteiger partial charge in [-0.3, -0.25) is 0 Å². The molecule has 3 rings (SSSR count). The Balaban J connectivity index is 1.96. The minimum atomic E-state index is -0.00731. The largest absolute Gasteiger partial charge is 0.508 e. The van der Waals surface area contributed by atoms with Gasteiger partial charge in [0.05, 0.1) is 7.11 Å². The van der Waals surface area contributed by atoms with Crippen molar-refractivity contribution in [3.05, 3.63) is 42.5 Å². The van der Waals surface area contributed by atoms with Gasteiger partial charge in [-0.2, -0.15) is 4.98 Å². The fourth-order valence-corrected chi connectivity index (χ4v) is 1.93. The molecule has 1 heterocycles. The molecular formula is C15H12N2O4. The van der Waals surface area contributed by atoms with E-state index in [1.165, 1.54) is 13.2 Å². The lowest BCUT2D eigenvalue weighted by Gasteiger charge is -2.03. The smallest absolute Gasteiger partial charge is 0.258 e. The average molecular weight is 284 g/mol. The number of ether oxygens (including phenoxy) is 1. The summed E-state index contributed by atoms with van der Waals surface area (Å²) in [5.74, 6) is 1.11. The Morgan fingerprint density at radius 1 is 1.05 bits per heavy atom. The Morgan fingerprint density at radius 2 is 1.90 bits per heavy atom. The van der Waals surface area contributed by atoms with Crippen molar-refractivity contribution in [2.24, 2.45) is 0 Å². The number of rotatable bonds is 3. The summed E-state index contributed by atoms with van der Waals surface area (Å²) < 4.78 is 10.2. The van der Waals surface area contributed by atoms with Gasteiger partial charge in [-0.25, -0.2) is 0 Å². The predicted molar refractivity (Wildman–Crippen MR) is 75.1 cm³/mol. The molecule has 0 amide bonds. The van der Waals surface area contributed by atoms with Crippen LogP contribution in [0.4, 0.5) is 0 Å². The second-order valence-electron chi connectivity index (χ2n) is 4.36. The molecule has 0 aliphatic rings. The summed E-state index contributed by atoms with van der Waals surface area (Å²) in [5.41, 5.74) is 1.22. The Bertz CT molecular complexity index is 783. The number of methoxy groups -OCH3 is 1. The molecule has 3 aromatic rings. The molecule has 0 saturated carbocycles. The van der Waals surface area contributed by atoms with Crippen LogP contribution in [0.5, 0.6) is 17.2 Å². The van der Waals surface area contributed by atoms with Crippen LogP contribution in [0.1, 0.15) is 0 Å². The van der Waals surface area contributed by atoms with Crippen LogP contribution in [-0.4, -0.2) is 27.5 Å². The van der Waals surface area contributed by atoms with Crippen molar-refractivity contribution in [2.75, 3.05) is 7.11 Å². The highest BCUT2D eigenvalue weighted by atomic mass is 16.5. The molecule has 0 fully saturated rings. The number of hydrogen-bond acceptors (Lipinski definition) is 6. The summed E-state index contributed by atoms with van der Waals surface area (Å²) in [6, 6.07) is 11.4. The number of hydrogen-bond donors (Lipinski definition) is 2. The first kappa shape index (κ1) is 13.0. The van der Waals surface area contributed by atoms with Gasteiger partial charge in [0.25, 0.3) is 5.89 Å². The van der Waals surface area contributed by atoms with Crippen molar-refractivity contribution in [3.8, 4) is 40.1 Å². The van der Waals surface area contributed by atoms with Crippen molar-refractivity contribution in [1.82, 2.24) is 10.1 Å². The van der Waals surface area contributed by atoms with Crippen LogP contribution in [-0.2, 0) is 0 Å². The maximum atomic E-state index is 9.76. The number of aromatic hydroxyl groups is 2. The van der Waals surface area contributed by atoms with E-state index in [0.29, 0.717) is 22.7 Å². The molecule has 6 heteroatoms. The zero-order valence-electron chi connectivity index (χ0n) is 11.1. The first-order valence-electron chi connectivity index (χ1n) is 6.18. The quantitative estimate of drug-likeness (QED) is 0.768. The van der Waals surface area contributed by atoms with Gasteiger partial charge in [-0.15, -0.1) is 0 Å². The van der Waals surface area contributed by atoms with Crippen LogP contribution in [0.25, 0.3) is 22.8 Å². The van der Waals surface area contributed by atoms with Gasteiger partial charge in [0, 0.05) is 11.1 Å². The van der Waals surface area contributed by atoms with Crippen molar-refractivity contribution in [3.63, 3.8) is 0 Å². The fourth-order valence-electron chi connectivity index (χ4n) is 1.93. The van der Waals surface area contributed by atoms with Crippen LogP contribution in [0.2, 0.25) is 0 Å². The molecule has 0 aliphatic carbocycles. The van der Waals surface area contributed by atoms with E-state index in [-0.39, 0.29) is 17.4 Å². The minimum Gasteiger partial charge on any atom is -0.508 e. The molecule has 6 nitrogen and oxygen atoms in total. The molecule has 1 aromatic heterocycles. The summed E-state index contributed by atoms with van der Waals surface area (Å²) in [5, 5.41) is 23.1. The monoisotopic (exact) mass is 284 g/mol. The lowest BCUT2D eigenvalue weighted by atomic mass is 10.2. The van der Waals surface area contributed by atoms with Gasteiger partial charge in [-0.05, 0) is 30.3 Å². The number of aromatic nitrogens is 2. The van der Waals surface area contributed by atoms with E-state index in [1.807, 2.05) is 0 Å². The van der Waals surface area contributed by atoms with E-state index in [9.17, 15) is 10.2 Å². The maximum absolute atomic E-state index is 9.76. The van der Waals surface area contributed by atoms with Gasteiger partial charge in [0.15, 0.2) is 11.5 Å². The zero-order chi connectivity index (χ0) is 14.8.